The van der Waals surface area contributed by atoms with Gasteiger partial charge in [-0.05, 0) is 43.5 Å². The van der Waals surface area contributed by atoms with Gasteiger partial charge in [-0.25, -0.2) is 4.39 Å². The molecule has 0 fully saturated rings. The minimum Gasteiger partial charge on any atom is -0.388 e. The second kappa shape index (κ2) is 7.72. The average molecular weight is 283 g/mol. The second-order valence-corrected chi connectivity index (χ2v) is 5.36. The Morgan fingerprint density at radius 3 is 2.35 bits per heavy atom. The molecule has 0 radical (unpaired) electrons. The Balaban J connectivity index is 3.16. The number of nitrogens with two attached hydrogens (primary N) is 1. The van der Waals surface area contributed by atoms with Crippen LogP contribution in [0.2, 0.25) is 0 Å². The summed E-state index contributed by atoms with van der Waals surface area (Å²) in [6, 6.07) is 4.46. The molecule has 0 spiro atoms. The van der Waals surface area contributed by atoms with E-state index >= 15 is 0 Å². The Labute approximate surface area is 120 Å². The lowest BCUT2D eigenvalue weighted by atomic mass is 9.83. The molecule has 1 aromatic carbocycles. The van der Waals surface area contributed by atoms with Gasteiger partial charge in [0.05, 0.1) is 11.7 Å². The van der Waals surface area contributed by atoms with Crippen molar-refractivity contribution in [2.45, 2.75) is 57.7 Å². The van der Waals surface area contributed by atoms with Crippen molar-refractivity contribution in [3.8, 4) is 0 Å². The van der Waals surface area contributed by atoms with Crippen LogP contribution in [0.25, 0.3) is 0 Å². The third-order valence-corrected chi connectivity index (χ3v) is 3.64. The highest BCUT2D eigenvalue weighted by Gasteiger charge is 2.30. The summed E-state index contributed by atoms with van der Waals surface area (Å²) in [5.41, 5.74) is 5.17. The summed E-state index contributed by atoms with van der Waals surface area (Å²) in [7, 11) is 0. The topological polar surface area (TPSA) is 66.5 Å². The highest BCUT2D eigenvalue weighted by atomic mass is 19.1. The third-order valence-electron chi connectivity index (χ3n) is 3.64. The minimum absolute atomic E-state index is 0.287. The van der Waals surface area contributed by atoms with Gasteiger partial charge in [0.25, 0.3) is 0 Å². The maximum atomic E-state index is 14.1. The zero-order chi connectivity index (χ0) is 15.2. The van der Waals surface area contributed by atoms with E-state index < -0.39 is 17.5 Å². The summed E-state index contributed by atoms with van der Waals surface area (Å²) in [6.07, 6.45) is 2.26. The molecular formula is C16H26FNO2. The van der Waals surface area contributed by atoms with E-state index in [2.05, 4.69) is 0 Å². The van der Waals surface area contributed by atoms with Crippen molar-refractivity contribution in [1.82, 2.24) is 0 Å². The highest BCUT2D eigenvalue weighted by Crippen LogP contribution is 2.35. The van der Waals surface area contributed by atoms with Crippen LogP contribution >= 0.6 is 0 Å². The quantitative estimate of drug-likeness (QED) is 0.687. The van der Waals surface area contributed by atoms with Crippen LogP contribution in [0.15, 0.2) is 18.2 Å². The van der Waals surface area contributed by atoms with E-state index in [1.54, 1.807) is 12.1 Å². The van der Waals surface area contributed by atoms with E-state index in [1.807, 2.05) is 13.8 Å². The van der Waals surface area contributed by atoms with Gasteiger partial charge >= 0.3 is 0 Å². The lowest BCUT2D eigenvalue weighted by molar-refractivity contribution is 0.0133. The van der Waals surface area contributed by atoms with Gasteiger partial charge in [0.2, 0.25) is 0 Å². The Hall–Kier alpha value is -0.970. The van der Waals surface area contributed by atoms with Crippen LogP contribution < -0.4 is 5.73 Å². The zero-order valence-corrected chi connectivity index (χ0v) is 12.4. The van der Waals surface area contributed by atoms with Crippen LogP contribution in [-0.4, -0.2) is 16.8 Å². The molecule has 1 aromatic rings. The molecule has 0 aliphatic heterocycles. The molecule has 0 aliphatic rings. The molecule has 1 unspecified atom stereocenters. The molecule has 1 atom stereocenters. The van der Waals surface area contributed by atoms with E-state index in [4.69, 9.17) is 5.73 Å². The maximum absolute atomic E-state index is 14.1. The molecule has 20 heavy (non-hydrogen) atoms. The molecular weight excluding hydrogens is 257 g/mol. The summed E-state index contributed by atoms with van der Waals surface area (Å²) >= 11 is 0. The van der Waals surface area contributed by atoms with Crippen LogP contribution in [0, 0.1) is 5.82 Å². The molecule has 114 valence electrons. The van der Waals surface area contributed by atoms with Gasteiger partial charge < -0.3 is 15.9 Å². The Morgan fingerprint density at radius 2 is 1.85 bits per heavy atom. The molecule has 0 saturated carbocycles. The van der Waals surface area contributed by atoms with Crippen LogP contribution in [0.4, 0.5) is 4.39 Å². The molecule has 1 rings (SSSR count). The standard InChI is InChI=1S/C16H26FNO2/c1-3-8-16(20,9-4-2)13-11-12(5-6-14(13)17)15(19)7-10-18/h5-6,11,15,19-20H,3-4,7-10,18H2,1-2H3. The summed E-state index contributed by atoms with van der Waals surface area (Å²) in [5, 5.41) is 20.7. The van der Waals surface area contributed by atoms with Crippen molar-refractivity contribution in [2.75, 3.05) is 6.54 Å². The summed E-state index contributed by atoms with van der Waals surface area (Å²) in [6.45, 7) is 4.29. The average Bonchev–Trinajstić information content (AvgIpc) is 2.39. The monoisotopic (exact) mass is 283 g/mol. The van der Waals surface area contributed by atoms with Crippen LogP contribution in [-0.2, 0) is 5.60 Å². The normalized spacial score (nSPS) is 13.5. The highest BCUT2D eigenvalue weighted by molar-refractivity contribution is 5.31. The predicted molar refractivity (Wildman–Crippen MR) is 78.7 cm³/mol. The smallest absolute Gasteiger partial charge is 0.129 e. The Kier molecular flexibility index (Phi) is 6.59. The summed E-state index contributed by atoms with van der Waals surface area (Å²) < 4.78 is 14.1. The largest absolute Gasteiger partial charge is 0.388 e. The van der Waals surface area contributed by atoms with Crippen molar-refractivity contribution in [3.63, 3.8) is 0 Å². The van der Waals surface area contributed by atoms with Gasteiger partial charge in [0, 0.05) is 5.56 Å². The van der Waals surface area contributed by atoms with Gasteiger partial charge in [0.15, 0.2) is 0 Å². The van der Waals surface area contributed by atoms with E-state index in [1.165, 1.54) is 6.07 Å². The van der Waals surface area contributed by atoms with Gasteiger partial charge in [-0.2, -0.15) is 0 Å². The minimum atomic E-state index is -1.16. The molecule has 0 aliphatic carbocycles. The fourth-order valence-corrected chi connectivity index (χ4v) is 2.65. The van der Waals surface area contributed by atoms with Crippen molar-refractivity contribution in [1.29, 1.82) is 0 Å². The van der Waals surface area contributed by atoms with Gasteiger partial charge in [-0.15, -0.1) is 0 Å². The second-order valence-electron chi connectivity index (χ2n) is 5.36. The molecule has 4 N–H and O–H groups in total. The Morgan fingerprint density at radius 1 is 1.25 bits per heavy atom. The van der Waals surface area contributed by atoms with E-state index in [9.17, 15) is 14.6 Å². The molecule has 0 amide bonds. The lowest BCUT2D eigenvalue weighted by Crippen LogP contribution is -2.27. The van der Waals surface area contributed by atoms with E-state index in [0.29, 0.717) is 31.4 Å². The van der Waals surface area contributed by atoms with Crippen molar-refractivity contribution >= 4 is 0 Å². The number of rotatable bonds is 8. The van der Waals surface area contributed by atoms with Gasteiger partial charge in [-0.1, -0.05) is 32.8 Å². The van der Waals surface area contributed by atoms with E-state index in [0.717, 1.165) is 12.8 Å². The first-order chi connectivity index (χ1) is 9.48. The van der Waals surface area contributed by atoms with Gasteiger partial charge in [0.1, 0.15) is 5.82 Å². The summed E-state index contributed by atoms with van der Waals surface area (Å²) in [4.78, 5) is 0. The first-order valence-electron chi connectivity index (χ1n) is 7.39. The number of hydrogen-bond donors (Lipinski definition) is 3. The molecule has 0 saturated heterocycles. The van der Waals surface area contributed by atoms with Crippen molar-refractivity contribution in [2.24, 2.45) is 5.73 Å². The number of halogens is 1. The van der Waals surface area contributed by atoms with Crippen molar-refractivity contribution < 1.29 is 14.6 Å². The van der Waals surface area contributed by atoms with Crippen LogP contribution in [0.5, 0.6) is 0 Å². The maximum Gasteiger partial charge on any atom is 0.129 e. The molecule has 0 bridgehead atoms. The summed E-state index contributed by atoms with van der Waals surface area (Å²) in [5.74, 6) is -0.418. The third kappa shape index (κ3) is 4.01. The zero-order valence-electron chi connectivity index (χ0n) is 12.4. The van der Waals surface area contributed by atoms with Crippen molar-refractivity contribution in [3.05, 3.63) is 35.1 Å². The number of hydrogen-bond acceptors (Lipinski definition) is 3. The number of aliphatic hydroxyl groups is 2. The predicted octanol–water partition coefficient (Wildman–Crippen LogP) is 3.00. The molecule has 0 heterocycles. The molecule has 3 nitrogen and oxygen atoms in total. The van der Waals surface area contributed by atoms with Crippen LogP contribution in [0.3, 0.4) is 0 Å². The fourth-order valence-electron chi connectivity index (χ4n) is 2.65. The molecule has 4 heteroatoms. The first kappa shape index (κ1) is 17.1. The Bertz CT molecular complexity index is 417. The number of aliphatic hydroxyl groups excluding tert-OH is 1. The fraction of sp³-hybridized carbons (Fsp3) is 0.625. The van der Waals surface area contributed by atoms with Gasteiger partial charge in [-0.3, -0.25) is 0 Å². The lowest BCUT2D eigenvalue weighted by Gasteiger charge is -2.29. The SMILES string of the molecule is CCCC(O)(CCC)c1cc(C(O)CCN)ccc1F. The molecule has 0 aromatic heterocycles. The van der Waals surface area contributed by atoms with E-state index in [-0.39, 0.29) is 5.56 Å². The van der Waals surface area contributed by atoms with Crippen LogP contribution in [0.1, 0.15) is 63.2 Å². The first-order valence-corrected chi connectivity index (χ1v) is 7.39. The number of benzene rings is 1.